The SMILES string of the molecule is CC1CN(C)CCN1CC1CC2CCCCC2N1. The predicted molar refractivity (Wildman–Crippen MR) is 75.8 cm³/mol. The number of hydrogen-bond acceptors (Lipinski definition) is 3. The second-order valence-electron chi connectivity index (χ2n) is 6.86. The van der Waals surface area contributed by atoms with Crippen LogP contribution in [0.2, 0.25) is 0 Å². The van der Waals surface area contributed by atoms with Crippen molar-refractivity contribution in [2.75, 3.05) is 33.2 Å². The molecule has 18 heavy (non-hydrogen) atoms. The van der Waals surface area contributed by atoms with Gasteiger partial charge in [0.25, 0.3) is 0 Å². The monoisotopic (exact) mass is 251 g/mol. The summed E-state index contributed by atoms with van der Waals surface area (Å²) in [6.07, 6.45) is 7.27. The van der Waals surface area contributed by atoms with Crippen LogP contribution in [0.1, 0.15) is 39.0 Å². The van der Waals surface area contributed by atoms with Gasteiger partial charge in [0.15, 0.2) is 0 Å². The normalized spacial score (nSPS) is 43.0. The van der Waals surface area contributed by atoms with Gasteiger partial charge in [-0.15, -0.1) is 0 Å². The van der Waals surface area contributed by atoms with Crippen molar-refractivity contribution < 1.29 is 0 Å². The van der Waals surface area contributed by atoms with Crippen LogP contribution >= 0.6 is 0 Å². The van der Waals surface area contributed by atoms with E-state index in [1.807, 2.05) is 0 Å². The summed E-state index contributed by atoms with van der Waals surface area (Å²) in [5, 5.41) is 3.92. The summed E-state index contributed by atoms with van der Waals surface area (Å²) >= 11 is 0. The van der Waals surface area contributed by atoms with E-state index in [0.29, 0.717) is 0 Å². The van der Waals surface area contributed by atoms with E-state index in [2.05, 4.69) is 29.1 Å². The summed E-state index contributed by atoms with van der Waals surface area (Å²) in [5.74, 6) is 0.992. The molecule has 0 spiro atoms. The van der Waals surface area contributed by atoms with Crippen molar-refractivity contribution >= 4 is 0 Å². The number of nitrogens with zero attached hydrogens (tertiary/aromatic N) is 2. The molecule has 0 bridgehead atoms. The van der Waals surface area contributed by atoms with Gasteiger partial charge in [-0.05, 0) is 39.2 Å². The van der Waals surface area contributed by atoms with E-state index in [1.54, 1.807) is 0 Å². The van der Waals surface area contributed by atoms with Gasteiger partial charge < -0.3 is 10.2 Å². The number of likely N-dealkylation sites (N-methyl/N-ethyl adjacent to an activating group) is 1. The number of rotatable bonds is 2. The van der Waals surface area contributed by atoms with Crippen LogP contribution in [0.25, 0.3) is 0 Å². The molecule has 1 saturated carbocycles. The summed E-state index contributed by atoms with van der Waals surface area (Å²) in [5.41, 5.74) is 0. The number of nitrogens with one attached hydrogen (secondary N) is 1. The first kappa shape index (κ1) is 12.9. The molecule has 0 amide bonds. The molecule has 3 rings (SSSR count). The Labute approximate surface area is 112 Å². The molecule has 3 fully saturated rings. The molecule has 3 aliphatic rings. The fourth-order valence-electron chi connectivity index (χ4n) is 4.30. The number of piperazine rings is 1. The molecule has 3 nitrogen and oxygen atoms in total. The molecule has 0 radical (unpaired) electrons. The van der Waals surface area contributed by atoms with E-state index in [4.69, 9.17) is 0 Å². The van der Waals surface area contributed by atoms with Crippen molar-refractivity contribution in [1.82, 2.24) is 15.1 Å². The predicted octanol–water partition coefficient (Wildman–Crippen LogP) is 1.54. The minimum absolute atomic E-state index is 0.730. The first-order valence-corrected chi connectivity index (χ1v) is 7.91. The topological polar surface area (TPSA) is 18.5 Å². The lowest BCUT2D eigenvalue weighted by Crippen LogP contribution is -2.53. The van der Waals surface area contributed by atoms with E-state index in [1.165, 1.54) is 58.3 Å². The van der Waals surface area contributed by atoms with Crippen molar-refractivity contribution in [2.45, 2.75) is 57.2 Å². The molecule has 0 aromatic rings. The summed E-state index contributed by atoms with van der Waals surface area (Å²) in [7, 11) is 2.25. The van der Waals surface area contributed by atoms with Gasteiger partial charge in [0, 0.05) is 44.3 Å². The van der Waals surface area contributed by atoms with Crippen LogP contribution < -0.4 is 5.32 Å². The van der Waals surface area contributed by atoms with Crippen LogP contribution in [-0.4, -0.2) is 61.2 Å². The Morgan fingerprint density at radius 1 is 1.17 bits per heavy atom. The van der Waals surface area contributed by atoms with Crippen LogP contribution in [0, 0.1) is 5.92 Å². The van der Waals surface area contributed by atoms with E-state index < -0.39 is 0 Å². The largest absolute Gasteiger partial charge is 0.310 e. The minimum atomic E-state index is 0.730. The highest BCUT2D eigenvalue weighted by atomic mass is 15.3. The number of hydrogen-bond donors (Lipinski definition) is 1. The van der Waals surface area contributed by atoms with E-state index >= 15 is 0 Å². The Balaban J connectivity index is 1.51. The van der Waals surface area contributed by atoms with Crippen LogP contribution in [0.15, 0.2) is 0 Å². The van der Waals surface area contributed by atoms with Gasteiger partial charge in [0.2, 0.25) is 0 Å². The summed E-state index contributed by atoms with van der Waals surface area (Å²) in [4.78, 5) is 5.16. The zero-order chi connectivity index (χ0) is 12.5. The lowest BCUT2D eigenvalue weighted by atomic mass is 9.85. The Hall–Kier alpha value is -0.120. The molecule has 104 valence electrons. The maximum Gasteiger partial charge on any atom is 0.0201 e. The zero-order valence-corrected chi connectivity index (χ0v) is 12.1. The first-order chi connectivity index (χ1) is 8.72. The molecule has 2 saturated heterocycles. The maximum absolute atomic E-state index is 3.92. The lowest BCUT2D eigenvalue weighted by Gasteiger charge is -2.39. The molecule has 0 aromatic carbocycles. The van der Waals surface area contributed by atoms with E-state index in [0.717, 1.165) is 24.0 Å². The molecule has 4 unspecified atom stereocenters. The molecular weight excluding hydrogens is 222 g/mol. The van der Waals surface area contributed by atoms with E-state index in [9.17, 15) is 0 Å². The van der Waals surface area contributed by atoms with Crippen LogP contribution in [-0.2, 0) is 0 Å². The second-order valence-corrected chi connectivity index (χ2v) is 6.86. The molecule has 2 heterocycles. The van der Waals surface area contributed by atoms with Crippen LogP contribution in [0.5, 0.6) is 0 Å². The molecule has 3 heteroatoms. The highest BCUT2D eigenvalue weighted by Crippen LogP contribution is 2.33. The summed E-state index contributed by atoms with van der Waals surface area (Å²) in [6, 6.07) is 2.35. The van der Waals surface area contributed by atoms with Gasteiger partial charge in [-0.1, -0.05) is 12.8 Å². The Morgan fingerprint density at radius 2 is 2.00 bits per heavy atom. The fraction of sp³-hybridized carbons (Fsp3) is 1.00. The highest BCUT2D eigenvalue weighted by Gasteiger charge is 2.36. The molecule has 1 aliphatic carbocycles. The van der Waals surface area contributed by atoms with Crippen LogP contribution in [0.4, 0.5) is 0 Å². The third-order valence-corrected chi connectivity index (χ3v) is 5.37. The Bertz CT molecular complexity index is 267. The third kappa shape index (κ3) is 2.73. The zero-order valence-electron chi connectivity index (χ0n) is 12.1. The lowest BCUT2D eigenvalue weighted by molar-refractivity contribution is 0.0918. The average Bonchev–Trinajstić information content (AvgIpc) is 2.75. The highest BCUT2D eigenvalue weighted by molar-refractivity contribution is 4.95. The molecule has 4 atom stereocenters. The minimum Gasteiger partial charge on any atom is -0.310 e. The maximum atomic E-state index is 3.92. The molecule has 0 aromatic heterocycles. The van der Waals surface area contributed by atoms with Gasteiger partial charge in [-0.2, -0.15) is 0 Å². The first-order valence-electron chi connectivity index (χ1n) is 7.91. The van der Waals surface area contributed by atoms with Crippen molar-refractivity contribution in [3.8, 4) is 0 Å². The van der Waals surface area contributed by atoms with Gasteiger partial charge in [-0.25, -0.2) is 0 Å². The van der Waals surface area contributed by atoms with E-state index in [-0.39, 0.29) is 0 Å². The molecule has 2 aliphatic heterocycles. The van der Waals surface area contributed by atoms with Gasteiger partial charge in [0.1, 0.15) is 0 Å². The Kier molecular flexibility index (Phi) is 3.92. The summed E-state index contributed by atoms with van der Waals surface area (Å²) in [6.45, 7) is 7.40. The standard InChI is InChI=1S/C15H29N3/c1-12-10-17(2)7-8-18(12)11-14-9-13-5-3-4-6-15(13)16-14/h12-16H,3-11H2,1-2H3. The second kappa shape index (κ2) is 5.48. The molecule has 1 N–H and O–H groups in total. The van der Waals surface area contributed by atoms with Crippen molar-refractivity contribution in [2.24, 2.45) is 5.92 Å². The smallest absolute Gasteiger partial charge is 0.0201 e. The third-order valence-electron chi connectivity index (χ3n) is 5.37. The van der Waals surface area contributed by atoms with Crippen molar-refractivity contribution in [3.63, 3.8) is 0 Å². The molecular formula is C15H29N3. The number of fused-ring (bicyclic) bond motifs is 1. The summed E-state index contributed by atoms with van der Waals surface area (Å²) < 4.78 is 0. The van der Waals surface area contributed by atoms with Crippen LogP contribution in [0.3, 0.4) is 0 Å². The van der Waals surface area contributed by atoms with Gasteiger partial charge in [0.05, 0.1) is 0 Å². The van der Waals surface area contributed by atoms with Gasteiger partial charge >= 0.3 is 0 Å². The van der Waals surface area contributed by atoms with Crippen molar-refractivity contribution in [3.05, 3.63) is 0 Å². The fourth-order valence-corrected chi connectivity index (χ4v) is 4.30. The Morgan fingerprint density at radius 3 is 2.78 bits per heavy atom. The van der Waals surface area contributed by atoms with Crippen molar-refractivity contribution in [1.29, 1.82) is 0 Å². The van der Waals surface area contributed by atoms with Gasteiger partial charge in [-0.3, -0.25) is 4.90 Å². The quantitative estimate of drug-likeness (QED) is 0.803. The average molecular weight is 251 g/mol.